The van der Waals surface area contributed by atoms with Crippen LogP contribution < -0.4 is 0 Å². The minimum Gasteiger partial charge on any atom is -0.455 e. The Morgan fingerprint density at radius 3 is 1.50 bits per heavy atom. The molecule has 1 heteroatoms. The first-order valence-corrected chi connectivity index (χ1v) is 21.0. The smallest absolute Gasteiger partial charge is 0.143 e. The second kappa shape index (κ2) is 12.3. The molecule has 0 bridgehead atoms. The summed E-state index contributed by atoms with van der Waals surface area (Å²) < 4.78 is 6.69. The largest absolute Gasteiger partial charge is 0.455 e. The van der Waals surface area contributed by atoms with Crippen LogP contribution in [-0.2, 0) is 5.41 Å². The molecule has 1 aliphatic rings. The minimum absolute atomic E-state index is 0.182. The van der Waals surface area contributed by atoms with E-state index in [4.69, 9.17) is 4.42 Å². The first-order valence-electron chi connectivity index (χ1n) is 21.0. The summed E-state index contributed by atoms with van der Waals surface area (Å²) >= 11 is 0. The highest BCUT2D eigenvalue weighted by atomic mass is 16.3. The fraction of sp³-hybridized carbons (Fsp3) is 0.0508. The van der Waals surface area contributed by atoms with Crippen molar-refractivity contribution < 1.29 is 4.42 Å². The Morgan fingerprint density at radius 1 is 0.333 bits per heavy atom. The second-order valence-electron chi connectivity index (χ2n) is 17.2. The zero-order chi connectivity index (χ0) is 39.7. The molecule has 0 fully saturated rings. The molecule has 60 heavy (non-hydrogen) atoms. The van der Waals surface area contributed by atoms with Crippen molar-refractivity contribution in [2.45, 2.75) is 19.3 Å². The molecule has 0 N–H and O–H groups in total. The highest BCUT2D eigenvalue weighted by Gasteiger charge is 2.39. The topological polar surface area (TPSA) is 13.1 Å². The van der Waals surface area contributed by atoms with Gasteiger partial charge in [0.2, 0.25) is 0 Å². The summed E-state index contributed by atoms with van der Waals surface area (Å²) in [6.45, 7) is 4.78. The van der Waals surface area contributed by atoms with Crippen LogP contribution in [0.25, 0.3) is 120 Å². The Morgan fingerprint density at radius 2 is 0.817 bits per heavy atom. The van der Waals surface area contributed by atoms with Gasteiger partial charge in [-0.25, -0.2) is 0 Å². The molecule has 0 amide bonds. The van der Waals surface area contributed by atoms with Crippen LogP contribution in [0.15, 0.2) is 199 Å². The highest BCUT2D eigenvalue weighted by Crippen LogP contribution is 2.56. The van der Waals surface area contributed by atoms with Crippen molar-refractivity contribution >= 4 is 75.8 Å². The molecule has 0 radical (unpaired) electrons. The molecule has 0 saturated carbocycles. The van der Waals surface area contributed by atoms with Crippen LogP contribution in [0.4, 0.5) is 0 Å². The average molecular weight is 763 g/mol. The maximum atomic E-state index is 6.69. The van der Waals surface area contributed by atoms with Gasteiger partial charge in [-0.15, -0.1) is 0 Å². The van der Waals surface area contributed by atoms with Crippen LogP contribution in [-0.4, -0.2) is 0 Å². The van der Waals surface area contributed by atoms with Gasteiger partial charge in [0.1, 0.15) is 11.2 Å². The Kier molecular flexibility index (Phi) is 6.85. The van der Waals surface area contributed by atoms with Gasteiger partial charge in [-0.3, -0.25) is 0 Å². The molecular formula is C59H38O. The van der Waals surface area contributed by atoms with Crippen molar-refractivity contribution in [3.8, 4) is 44.5 Å². The van der Waals surface area contributed by atoms with Crippen LogP contribution in [0.1, 0.15) is 25.0 Å². The van der Waals surface area contributed by atoms with E-state index >= 15 is 0 Å². The number of benzene rings is 11. The van der Waals surface area contributed by atoms with E-state index in [1.165, 1.54) is 104 Å². The van der Waals surface area contributed by atoms with Gasteiger partial charge in [-0.2, -0.15) is 0 Å². The molecule has 0 spiro atoms. The van der Waals surface area contributed by atoms with Crippen LogP contribution in [0.5, 0.6) is 0 Å². The third-order valence-electron chi connectivity index (χ3n) is 13.6. The minimum atomic E-state index is -0.182. The Hall–Kier alpha value is -7.48. The van der Waals surface area contributed by atoms with E-state index in [0.717, 1.165) is 27.3 Å². The number of fused-ring (bicyclic) bond motifs is 13. The zero-order valence-corrected chi connectivity index (χ0v) is 33.4. The predicted molar refractivity (Wildman–Crippen MR) is 255 cm³/mol. The lowest BCUT2D eigenvalue weighted by Crippen LogP contribution is -2.16. The van der Waals surface area contributed by atoms with Crippen molar-refractivity contribution in [3.05, 3.63) is 205 Å². The Bertz CT molecular complexity index is 3750. The normalized spacial score (nSPS) is 13.3. The number of furan rings is 1. The number of hydrogen-bond donors (Lipinski definition) is 0. The van der Waals surface area contributed by atoms with E-state index in [2.05, 4.69) is 208 Å². The van der Waals surface area contributed by atoms with E-state index in [1.54, 1.807) is 0 Å². The van der Waals surface area contributed by atoms with Crippen LogP contribution in [0, 0.1) is 0 Å². The third kappa shape index (κ3) is 4.63. The molecule has 13 rings (SSSR count). The molecule has 1 nitrogen and oxygen atoms in total. The summed E-state index contributed by atoms with van der Waals surface area (Å²) in [5.74, 6) is 0. The summed E-state index contributed by atoms with van der Waals surface area (Å²) in [5, 5.41) is 14.7. The number of hydrogen-bond acceptors (Lipinski definition) is 1. The maximum absolute atomic E-state index is 6.69. The summed E-state index contributed by atoms with van der Waals surface area (Å²) in [6, 6.07) is 71.9. The average Bonchev–Trinajstić information content (AvgIpc) is 3.80. The summed E-state index contributed by atoms with van der Waals surface area (Å²) in [4.78, 5) is 0. The van der Waals surface area contributed by atoms with Gasteiger partial charge in [0.25, 0.3) is 0 Å². The molecule has 1 heterocycles. The van der Waals surface area contributed by atoms with E-state index in [0.29, 0.717) is 0 Å². The SMILES string of the molecule is CC1(C)c2ccccc2-c2c1c(-c1ccc3cc(-c4c5ccccc5c(-c5ccc6ccccc6c5)c5ccccc45)ccc3c1)cc1c2ccc2c3ccccc3oc12. The molecule has 0 aliphatic heterocycles. The molecular weight excluding hydrogens is 725 g/mol. The molecule has 0 atom stereocenters. The van der Waals surface area contributed by atoms with Crippen molar-refractivity contribution in [1.29, 1.82) is 0 Å². The van der Waals surface area contributed by atoms with Gasteiger partial charge in [0.05, 0.1) is 0 Å². The Labute approximate surface area is 347 Å². The van der Waals surface area contributed by atoms with Crippen molar-refractivity contribution in [1.82, 2.24) is 0 Å². The van der Waals surface area contributed by atoms with E-state index < -0.39 is 0 Å². The summed E-state index contributed by atoms with van der Waals surface area (Å²) in [6.07, 6.45) is 0. The van der Waals surface area contributed by atoms with E-state index in [1.807, 2.05) is 0 Å². The van der Waals surface area contributed by atoms with Gasteiger partial charge >= 0.3 is 0 Å². The van der Waals surface area contributed by atoms with Gasteiger partial charge < -0.3 is 4.42 Å². The van der Waals surface area contributed by atoms with Crippen LogP contribution in [0.2, 0.25) is 0 Å². The molecule has 280 valence electrons. The van der Waals surface area contributed by atoms with E-state index in [-0.39, 0.29) is 5.41 Å². The standard InChI is InChI=1S/C59H38O/c1-59(2)52-21-11-9-20-49(52)56-47-29-30-48-42-15-10-12-22-53(42)60-58(48)51(47)34-50(57(56)59)39-26-24-38-33-41(28-25-37(38)31-39)55-45-18-7-5-16-43(45)54(44-17-6-8-19-46(44)55)40-27-23-35-13-3-4-14-36(35)32-40/h3-34H,1-2H3. The maximum Gasteiger partial charge on any atom is 0.143 e. The van der Waals surface area contributed by atoms with Crippen molar-refractivity contribution in [2.24, 2.45) is 0 Å². The predicted octanol–water partition coefficient (Wildman–Crippen LogP) is 16.7. The van der Waals surface area contributed by atoms with Gasteiger partial charge in [-0.1, -0.05) is 172 Å². The molecule has 0 saturated heterocycles. The molecule has 12 aromatic rings. The lowest BCUT2D eigenvalue weighted by atomic mass is 9.77. The highest BCUT2D eigenvalue weighted by molar-refractivity contribution is 6.23. The zero-order valence-electron chi connectivity index (χ0n) is 33.4. The van der Waals surface area contributed by atoms with Crippen LogP contribution in [0.3, 0.4) is 0 Å². The van der Waals surface area contributed by atoms with E-state index in [9.17, 15) is 0 Å². The van der Waals surface area contributed by atoms with Gasteiger partial charge in [-0.05, 0) is 141 Å². The summed E-state index contributed by atoms with van der Waals surface area (Å²) in [7, 11) is 0. The molecule has 11 aromatic carbocycles. The fourth-order valence-corrected chi connectivity index (χ4v) is 10.9. The quantitative estimate of drug-likeness (QED) is 0.163. The van der Waals surface area contributed by atoms with Crippen molar-refractivity contribution in [3.63, 3.8) is 0 Å². The molecule has 1 aliphatic carbocycles. The second-order valence-corrected chi connectivity index (χ2v) is 17.2. The first kappa shape index (κ1) is 33.5. The first-order chi connectivity index (χ1) is 29.5. The van der Waals surface area contributed by atoms with Gasteiger partial charge in [0, 0.05) is 21.6 Å². The number of para-hydroxylation sites is 1. The monoisotopic (exact) mass is 762 g/mol. The van der Waals surface area contributed by atoms with Gasteiger partial charge in [0.15, 0.2) is 0 Å². The number of rotatable bonds is 3. The lowest BCUT2D eigenvalue weighted by Gasteiger charge is -2.25. The van der Waals surface area contributed by atoms with Crippen LogP contribution >= 0.6 is 0 Å². The molecule has 0 unspecified atom stereocenters. The molecule has 1 aromatic heterocycles. The lowest BCUT2D eigenvalue weighted by molar-refractivity contribution is 0.662. The summed E-state index contributed by atoms with van der Waals surface area (Å²) in [5.41, 5.74) is 14.6. The third-order valence-corrected chi connectivity index (χ3v) is 13.6. The fourth-order valence-electron chi connectivity index (χ4n) is 10.9. The Balaban J connectivity index is 1.02. The van der Waals surface area contributed by atoms with Crippen molar-refractivity contribution in [2.75, 3.05) is 0 Å².